The minimum absolute atomic E-state index is 0.303. The second-order valence-corrected chi connectivity index (χ2v) is 8.12. The van der Waals surface area contributed by atoms with Gasteiger partial charge in [-0.1, -0.05) is 29.3 Å². The van der Waals surface area contributed by atoms with Gasteiger partial charge in [0.1, 0.15) is 12.4 Å². The third-order valence-electron chi connectivity index (χ3n) is 4.97. The molecular weight excluding hydrogens is 411 g/mol. The number of aliphatic hydroxyl groups is 1. The van der Waals surface area contributed by atoms with Gasteiger partial charge in [0.05, 0.1) is 19.3 Å². The van der Waals surface area contributed by atoms with E-state index in [2.05, 4.69) is 22.8 Å². The zero-order chi connectivity index (χ0) is 20.6. The first-order valence-electron chi connectivity index (χ1n) is 9.89. The molecule has 1 fully saturated rings. The van der Waals surface area contributed by atoms with Gasteiger partial charge in [-0.2, -0.15) is 0 Å². The van der Waals surface area contributed by atoms with Crippen LogP contribution in [0.2, 0.25) is 10.0 Å². The number of piperazine rings is 1. The van der Waals surface area contributed by atoms with Crippen LogP contribution in [0.5, 0.6) is 5.75 Å². The molecule has 158 valence electrons. The number of ether oxygens (including phenoxy) is 2. The average molecular weight is 439 g/mol. The van der Waals surface area contributed by atoms with Crippen LogP contribution < -0.4 is 9.64 Å². The van der Waals surface area contributed by atoms with Crippen LogP contribution in [0.25, 0.3) is 0 Å². The maximum atomic E-state index is 10.3. The molecule has 0 spiro atoms. The first-order valence-corrected chi connectivity index (χ1v) is 10.6. The van der Waals surface area contributed by atoms with Crippen molar-refractivity contribution in [2.75, 3.05) is 57.4 Å². The molecule has 1 atom stereocenters. The van der Waals surface area contributed by atoms with Crippen molar-refractivity contribution in [3.63, 3.8) is 0 Å². The van der Waals surface area contributed by atoms with Crippen LogP contribution in [0.15, 0.2) is 42.5 Å². The van der Waals surface area contributed by atoms with E-state index in [9.17, 15) is 5.11 Å². The Hall–Kier alpha value is -1.50. The Labute approximate surface area is 182 Å². The van der Waals surface area contributed by atoms with Gasteiger partial charge in [0.15, 0.2) is 0 Å². The Morgan fingerprint density at radius 2 is 1.66 bits per heavy atom. The van der Waals surface area contributed by atoms with Crippen LogP contribution in [0.4, 0.5) is 5.69 Å². The molecule has 1 aliphatic heterocycles. The van der Waals surface area contributed by atoms with Crippen molar-refractivity contribution in [1.82, 2.24) is 4.90 Å². The zero-order valence-corrected chi connectivity index (χ0v) is 18.2. The maximum absolute atomic E-state index is 10.3. The number of halogens is 2. The van der Waals surface area contributed by atoms with E-state index in [1.165, 1.54) is 11.3 Å². The maximum Gasteiger partial charge on any atom is 0.119 e. The number of β-amino-alcohol motifs (C(OH)–C–C–N with tert-alkyl or cyclic N) is 1. The lowest BCUT2D eigenvalue weighted by atomic mass is 10.1. The second-order valence-electron chi connectivity index (χ2n) is 7.25. The number of benzene rings is 2. The Kier molecular flexibility index (Phi) is 8.45. The van der Waals surface area contributed by atoms with E-state index in [-0.39, 0.29) is 0 Å². The van der Waals surface area contributed by atoms with Crippen molar-refractivity contribution in [3.8, 4) is 5.75 Å². The predicted molar refractivity (Wildman–Crippen MR) is 119 cm³/mol. The molecule has 5 nitrogen and oxygen atoms in total. The number of hydrogen-bond donors (Lipinski definition) is 1. The summed E-state index contributed by atoms with van der Waals surface area (Å²) in [5.41, 5.74) is 2.43. The van der Waals surface area contributed by atoms with Crippen LogP contribution in [-0.2, 0) is 4.74 Å². The summed E-state index contributed by atoms with van der Waals surface area (Å²) in [5, 5.41) is 11.7. The minimum Gasteiger partial charge on any atom is -0.491 e. The molecule has 1 saturated heterocycles. The molecule has 1 aliphatic rings. The largest absolute Gasteiger partial charge is 0.491 e. The fourth-order valence-corrected chi connectivity index (χ4v) is 3.71. The van der Waals surface area contributed by atoms with Crippen LogP contribution in [0.1, 0.15) is 5.56 Å². The summed E-state index contributed by atoms with van der Waals surface area (Å²) < 4.78 is 11.1. The number of nitrogens with zero attached hydrogens (tertiary/aromatic N) is 2. The molecule has 0 aliphatic carbocycles. The lowest BCUT2D eigenvalue weighted by Gasteiger charge is -2.37. The Balaban J connectivity index is 1.31. The first kappa shape index (κ1) is 22.2. The highest BCUT2D eigenvalue weighted by Crippen LogP contribution is 2.25. The van der Waals surface area contributed by atoms with E-state index >= 15 is 0 Å². The highest BCUT2D eigenvalue weighted by molar-refractivity contribution is 6.31. The van der Waals surface area contributed by atoms with Gasteiger partial charge < -0.3 is 19.5 Å². The van der Waals surface area contributed by atoms with Crippen molar-refractivity contribution in [3.05, 3.63) is 58.1 Å². The van der Waals surface area contributed by atoms with Crippen molar-refractivity contribution >= 4 is 28.9 Å². The predicted octanol–water partition coefficient (Wildman–Crippen LogP) is 3.88. The monoisotopic (exact) mass is 438 g/mol. The standard InChI is InChI=1S/C22H28Cl2N2O3/c1-17-2-3-19(24)14-22(17)26-10-8-25(9-11-26)15-20(27)16-28-12-13-29-21-6-4-18(23)5-7-21/h2-7,14,20,27H,8-13,15-16H2,1H3. The number of anilines is 1. The number of aryl methyl sites for hydroxylation is 1. The molecule has 0 aromatic heterocycles. The summed E-state index contributed by atoms with van der Waals surface area (Å²) in [6, 6.07) is 13.2. The normalized spacial score (nSPS) is 16.1. The van der Waals surface area contributed by atoms with Gasteiger partial charge >= 0.3 is 0 Å². The molecule has 2 aromatic rings. The van der Waals surface area contributed by atoms with E-state index in [0.717, 1.165) is 37.0 Å². The van der Waals surface area contributed by atoms with Gasteiger partial charge in [-0.3, -0.25) is 4.90 Å². The van der Waals surface area contributed by atoms with Gasteiger partial charge in [0, 0.05) is 48.5 Å². The molecule has 7 heteroatoms. The van der Waals surface area contributed by atoms with E-state index in [1.54, 1.807) is 12.1 Å². The molecule has 1 unspecified atom stereocenters. The summed E-state index contributed by atoms with van der Waals surface area (Å²) in [5.74, 6) is 0.756. The molecule has 2 aromatic carbocycles. The SMILES string of the molecule is Cc1ccc(Cl)cc1N1CCN(CC(O)COCCOc2ccc(Cl)cc2)CC1. The highest BCUT2D eigenvalue weighted by atomic mass is 35.5. The molecule has 1 N–H and O–H groups in total. The molecule has 0 bridgehead atoms. The van der Waals surface area contributed by atoms with Crippen molar-refractivity contribution in [2.24, 2.45) is 0 Å². The Morgan fingerprint density at radius 3 is 2.38 bits per heavy atom. The molecule has 29 heavy (non-hydrogen) atoms. The number of hydrogen-bond acceptors (Lipinski definition) is 5. The van der Waals surface area contributed by atoms with Crippen LogP contribution >= 0.6 is 23.2 Å². The van der Waals surface area contributed by atoms with Gasteiger partial charge in [-0.15, -0.1) is 0 Å². The van der Waals surface area contributed by atoms with Gasteiger partial charge in [-0.25, -0.2) is 0 Å². The van der Waals surface area contributed by atoms with Crippen LogP contribution in [0.3, 0.4) is 0 Å². The molecule has 0 amide bonds. The number of rotatable bonds is 9. The van der Waals surface area contributed by atoms with E-state index in [4.69, 9.17) is 32.7 Å². The minimum atomic E-state index is -0.509. The van der Waals surface area contributed by atoms with Gasteiger partial charge in [0.25, 0.3) is 0 Å². The topological polar surface area (TPSA) is 45.2 Å². The molecular formula is C22H28Cl2N2O3. The summed E-state index contributed by atoms with van der Waals surface area (Å²) in [7, 11) is 0. The summed E-state index contributed by atoms with van der Waals surface area (Å²) >= 11 is 12.0. The summed E-state index contributed by atoms with van der Waals surface area (Å²) in [4.78, 5) is 4.63. The van der Waals surface area contributed by atoms with E-state index in [0.29, 0.717) is 31.4 Å². The highest BCUT2D eigenvalue weighted by Gasteiger charge is 2.20. The van der Waals surface area contributed by atoms with Crippen molar-refractivity contribution in [1.29, 1.82) is 0 Å². The third-order valence-corrected chi connectivity index (χ3v) is 5.46. The number of aliphatic hydroxyl groups excluding tert-OH is 1. The van der Waals surface area contributed by atoms with E-state index in [1.807, 2.05) is 24.3 Å². The fraction of sp³-hybridized carbons (Fsp3) is 0.455. The van der Waals surface area contributed by atoms with Gasteiger partial charge in [0.2, 0.25) is 0 Å². The second kappa shape index (κ2) is 11.0. The quantitative estimate of drug-likeness (QED) is 0.601. The molecule has 3 rings (SSSR count). The van der Waals surface area contributed by atoms with E-state index < -0.39 is 6.10 Å². The lowest BCUT2D eigenvalue weighted by Crippen LogP contribution is -2.49. The van der Waals surface area contributed by atoms with Crippen LogP contribution in [0, 0.1) is 6.92 Å². The zero-order valence-electron chi connectivity index (χ0n) is 16.7. The molecule has 0 saturated carbocycles. The molecule has 1 heterocycles. The van der Waals surface area contributed by atoms with Crippen LogP contribution in [-0.4, -0.2) is 68.7 Å². The van der Waals surface area contributed by atoms with Gasteiger partial charge in [-0.05, 0) is 48.9 Å². The fourth-order valence-electron chi connectivity index (χ4n) is 3.41. The lowest BCUT2D eigenvalue weighted by molar-refractivity contribution is 0.00718. The summed E-state index contributed by atoms with van der Waals surface area (Å²) in [6.45, 7) is 7.54. The third kappa shape index (κ3) is 7.05. The average Bonchev–Trinajstić information content (AvgIpc) is 2.71. The van der Waals surface area contributed by atoms with Crippen molar-refractivity contribution in [2.45, 2.75) is 13.0 Å². The van der Waals surface area contributed by atoms with Crippen molar-refractivity contribution < 1.29 is 14.6 Å². The Morgan fingerprint density at radius 1 is 0.966 bits per heavy atom. The first-order chi connectivity index (χ1) is 14.0. The summed E-state index contributed by atoms with van der Waals surface area (Å²) in [6.07, 6.45) is -0.509. The Bertz CT molecular complexity index is 765. The molecule has 0 radical (unpaired) electrons. The smallest absolute Gasteiger partial charge is 0.119 e.